The smallest absolute Gasteiger partial charge is 0.266 e. The quantitative estimate of drug-likeness (QED) is 0.320. The van der Waals surface area contributed by atoms with Gasteiger partial charge in [0.1, 0.15) is 32.9 Å². The van der Waals surface area contributed by atoms with Crippen LogP contribution in [0.1, 0.15) is 32.4 Å². The van der Waals surface area contributed by atoms with Gasteiger partial charge in [-0.1, -0.05) is 60.7 Å². The average Bonchev–Trinajstić information content (AvgIpc) is 3.62. The maximum Gasteiger partial charge on any atom is 0.266 e. The first kappa shape index (κ1) is 24.7. The SMILES string of the molecule is N#Cc1c(N)nc2sc(C(=O)N3CCN(C(c4ccccc4)c4ccccc4)CC3)c(N)c2c1-c1ccco1. The van der Waals surface area contributed by atoms with E-state index in [1.54, 1.807) is 12.1 Å². The lowest BCUT2D eigenvalue weighted by atomic mass is 9.96. The van der Waals surface area contributed by atoms with Gasteiger partial charge in [0, 0.05) is 31.6 Å². The van der Waals surface area contributed by atoms with Crippen molar-refractivity contribution in [2.45, 2.75) is 6.04 Å². The van der Waals surface area contributed by atoms with E-state index >= 15 is 0 Å². The summed E-state index contributed by atoms with van der Waals surface area (Å²) in [7, 11) is 0. The van der Waals surface area contributed by atoms with Crippen LogP contribution in [0.2, 0.25) is 0 Å². The molecule has 4 heterocycles. The Morgan fingerprint density at radius 1 is 0.949 bits per heavy atom. The van der Waals surface area contributed by atoms with E-state index < -0.39 is 0 Å². The number of nitrogen functional groups attached to an aromatic ring is 2. The third kappa shape index (κ3) is 4.40. The molecule has 3 aromatic heterocycles. The van der Waals surface area contributed by atoms with Crippen LogP contribution in [0.4, 0.5) is 11.5 Å². The zero-order valence-electron chi connectivity index (χ0n) is 21.1. The Kier molecular flexibility index (Phi) is 6.49. The number of carbonyl (C=O) groups is 1. The van der Waals surface area contributed by atoms with Crippen molar-refractivity contribution in [2.75, 3.05) is 37.6 Å². The number of nitrogens with zero attached hydrogens (tertiary/aromatic N) is 4. The molecule has 1 amide bonds. The molecule has 1 saturated heterocycles. The van der Waals surface area contributed by atoms with Crippen molar-refractivity contribution in [2.24, 2.45) is 0 Å². The van der Waals surface area contributed by atoms with E-state index in [2.05, 4.69) is 64.5 Å². The van der Waals surface area contributed by atoms with Crippen LogP contribution in [0, 0.1) is 11.3 Å². The molecule has 6 rings (SSSR count). The summed E-state index contributed by atoms with van der Waals surface area (Å²) in [4.78, 5) is 23.3. The Morgan fingerprint density at radius 2 is 1.59 bits per heavy atom. The number of thiophene rings is 1. The third-order valence-corrected chi connectivity index (χ3v) is 8.26. The number of carbonyl (C=O) groups excluding carboxylic acids is 1. The van der Waals surface area contributed by atoms with Crippen LogP contribution < -0.4 is 11.5 Å². The monoisotopic (exact) mass is 534 g/mol. The molecule has 2 aromatic carbocycles. The Balaban J connectivity index is 1.29. The van der Waals surface area contributed by atoms with Gasteiger partial charge in [0.15, 0.2) is 0 Å². The molecule has 9 heteroatoms. The predicted molar refractivity (Wildman–Crippen MR) is 153 cm³/mol. The number of anilines is 2. The number of fused-ring (bicyclic) bond motifs is 1. The van der Waals surface area contributed by atoms with E-state index in [-0.39, 0.29) is 23.3 Å². The van der Waals surface area contributed by atoms with Gasteiger partial charge in [-0.05, 0) is 23.3 Å². The number of amides is 1. The molecule has 0 atom stereocenters. The minimum absolute atomic E-state index is 0.0816. The van der Waals surface area contributed by atoms with Crippen molar-refractivity contribution in [3.05, 3.63) is 101 Å². The van der Waals surface area contributed by atoms with Gasteiger partial charge in [-0.25, -0.2) is 4.98 Å². The van der Waals surface area contributed by atoms with Crippen LogP contribution >= 0.6 is 11.3 Å². The van der Waals surface area contributed by atoms with E-state index in [0.29, 0.717) is 58.3 Å². The van der Waals surface area contributed by atoms with Gasteiger partial charge in [-0.2, -0.15) is 5.26 Å². The van der Waals surface area contributed by atoms with Crippen LogP contribution in [0.15, 0.2) is 83.5 Å². The first-order valence-corrected chi connectivity index (χ1v) is 13.5. The van der Waals surface area contributed by atoms with E-state index in [0.717, 1.165) is 0 Å². The number of rotatable bonds is 5. The number of piperazine rings is 1. The summed E-state index contributed by atoms with van der Waals surface area (Å²) in [6, 6.07) is 26.6. The normalized spacial score (nSPS) is 14.1. The summed E-state index contributed by atoms with van der Waals surface area (Å²) in [6.45, 7) is 2.55. The van der Waals surface area contributed by atoms with Gasteiger partial charge in [0.2, 0.25) is 0 Å². The highest BCUT2D eigenvalue weighted by molar-refractivity contribution is 7.21. The first-order valence-electron chi connectivity index (χ1n) is 12.7. The molecule has 1 aliphatic heterocycles. The first-order chi connectivity index (χ1) is 19.1. The van der Waals surface area contributed by atoms with Crippen LogP contribution in [0.5, 0.6) is 0 Å². The average molecular weight is 535 g/mol. The van der Waals surface area contributed by atoms with Crippen LogP contribution in [-0.2, 0) is 0 Å². The van der Waals surface area contributed by atoms with Gasteiger partial charge in [0.25, 0.3) is 5.91 Å². The summed E-state index contributed by atoms with van der Waals surface area (Å²) >= 11 is 1.20. The minimum Gasteiger partial charge on any atom is -0.464 e. The second kappa shape index (κ2) is 10.3. The Morgan fingerprint density at radius 3 is 2.15 bits per heavy atom. The maximum absolute atomic E-state index is 13.7. The Labute approximate surface area is 229 Å². The number of benzene rings is 2. The van der Waals surface area contributed by atoms with Gasteiger partial charge >= 0.3 is 0 Å². The molecule has 1 aliphatic rings. The van der Waals surface area contributed by atoms with Crippen LogP contribution in [0.25, 0.3) is 21.5 Å². The van der Waals surface area contributed by atoms with Crippen molar-refractivity contribution in [3.63, 3.8) is 0 Å². The molecule has 0 spiro atoms. The number of furan rings is 1. The highest BCUT2D eigenvalue weighted by Gasteiger charge is 2.31. The van der Waals surface area contributed by atoms with Crippen LogP contribution in [0.3, 0.4) is 0 Å². The molecular weight excluding hydrogens is 508 g/mol. The second-order valence-corrected chi connectivity index (χ2v) is 10.4. The van der Waals surface area contributed by atoms with Crippen molar-refractivity contribution in [1.82, 2.24) is 14.8 Å². The zero-order chi connectivity index (χ0) is 26.9. The van der Waals surface area contributed by atoms with Gasteiger partial charge in [-0.15, -0.1) is 11.3 Å². The van der Waals surface area contributed by atoms with Gasteiger partial charge in [-0.3, -0.25) is 9.69 Å². The topological polar surface area (TPSA) is 125 Å². The number of aromatic nitrogens is 1. The summed E-state index contributed by atoms with van der Waals surface area (Å²) < 4.78 is 5.59. The van der Waals surface area contributed by atoms with Crippen molar-refractivity contribution in [3.8, 4) is 17.4 Å². The van der Waals surface area contributed by atoms with Gasteiger partial charge in [0.05, 0.1) is 23.6 Å². The predicted octanol–water partition coefficient (Wildman–Crippen LogP) is 5.14. The lowest BCUT2D eigenvalue weighted by molar-refractivity contribution is 0.0603. The molecule has 39 heavy (non-hydrogen) atoms. The molecule has 5 aromatic rings. The van der Waals surface area contributed by atoms with E-state index in [1.807, 2.05) is 17.0 Å². The number of pyridine rings is 1. The second-order valence-electron chi connectivity index (χ2n) is 9.41. The van der Waals surface area contributed by atoms with E-state index in [1.165, 1.54) is 28.7 Å². The summed E-state index contributed by atoms with van der Waals surface area (Å²) in [6.07, 6.45) is 1.52. The molecule has 8 nitrogen and oxygen atoms in total. The summed E-state index contributed by atoms with van der Waals surface area (Å²) in [5.74, 6) is 0.391. The summed E-state index contributed by atoms with van der Waals surface area (Å²) in [5, 5.41) is 10.3. The maximum atomic E-state index is 13.7. The van der Waals surface area contributed by atoms with Gasteiger partial charge < -0.3 is 20.8 Å². The number of hydrogen-bond donors (Lipinski definition) is 2. The fourth-order valence-electron chi connectivity index (χ4n) is 5.32. The highest BCUT2D eigenvalue weighted by Crippen LogP contribution is 2.43. The largest absolute Gasteiger partial charge is 0.464 e. The van der Waals surface area contributed by atoms with Crippen LogP contribution in [-0.4, -0.2) is 46.9 Å². The standard InChI is InChI=1S/C30H26N6O2S/c31-18-21-23(22-12-7-17-38-22)24-25(32)27(39-29(24)34-28(21)33)30(37)36-15-13-35(14-16-36)26(19-8-3-1-4-9-19)20-10-5-2-6-11-20/h1-12,17,26H,13-16,32H2,(H2,33,34). The molecule has 0 unspecified atom stereocenters. The fourth-order valence-corrected chi connectivity index (χ4v) is 6.40. The van der Waals surface area contributed by atoms with Crippen molar-refractivity contribution >= 4 is 39.0 Å². The number of nitrogens with two attached hydrogens (primary N) is 2. The fraction of sp³-hybridized carbons (Fsp3) is 0.167. The molecule has 0 bridgehead atoms. The third-order valence-electron chi connectivity index (χ3n) is 7.18. The molecular formula is C30H26N6O2S. The Bertz CT molecular complexity index is 1630. The lowest BCUT2D eigenvalue weighted by Gasteiger charge is -2.39. The molecule has 0 radical (unpaired) electrons. The van der Waals surface area contributed by atoms with Crippen molar-refractivity contribution in [1.29, 1.82) is 5.26 Å². The molecule has 0 aliphatic carbocycles. The number of hydrogen-bond acceptors (Lipinski definition) is 8. The molecule has 4 N–H and O–H groups in total. The van der Waals surface area contributed by atoms with E-state index in [9.17, 15) is 10.1 Å². The minimum atomic E-state index is -0.145. The molecule has 1 fully saturated rings. The highest BCUT2D eigenvalue weighted by atomic mass is 32.1. The Hall–Kier alpha value is -4.65. The molecule has 0 saturated carbocycles. The zero-order valence-corrected chi connectivity index (χ0v) is 21.9. The lowest BCUT2D eigenvalue weighted by Crippen LogP contribution is -2.49. The van der Waals surface area contributed by atoms with E-state index in [4.69, 9.17) is 15.9 Å². The summed E-state index contributed by atoms with van der Waals surface area (Å²) in [5.41, 5.74) is 16.1. The number of nitriles is 1. The van der Waals surface area contributed by atoms with Crippen molar-refractivity contribution < 1.29 is 9.21 Å². The molecule has 194 valence electrons.